The van der Waals surface area contributed by atoms with Crippen molar-refractivity contribution in [2.45, 2.75) is 63.5 Å². The lowest BCUT2D eigenvalue weighted by molar-refractivity contribution is 0.0193. The maximum atomic E-state index is 9.53. The average molecular weight is 285 g/mol. The summed E-state index contributed by atoms with van der Waals surface area (Å²) in [5, 5.41) is 13.1. The van der Waals surface area contributed by atoms with E-state index in [4.69, 9.17) is 9.47 Å². The summed E-state index contributed by atoms with van der Waals surface area (Å²) in [5.41, 5.74) is -0.0954. The molecule has 2 fully saturated rings. The van der Waals surface area contributed by atoms with Crippen molar-refractivity contribution < 1.29 is 14.6 Å². The standard InChI is InChI=1S/C16H31NO3/c1-16(13-18,17-15-4-5-15)8-2-3-9-20-12-14-6-10-19-11-7-14/h14-15,17-18H,2-13H2,1H3. The molecule has 2 N–H and O–H groups in total. The van der Waals surface area contributed by atoms with Crippen molar-refractivity contribution in [3.05, 3.63) is 0 Å². The van der Waals surface area contributed by atoms with E-state index in [0.29, 0.717) is 12.0 Å². The van der Waals surface area contributed by atoms with Gasteiger partial charge in [0.05, 0.1) is 6.61 Å². The molecule has 1 heterocycles. The average Bonchev–Trinajstić information content (AvgIpc) is 3.27. The van der Waals surface area contributed by atoms with Crippen LogP contribution < -0.4 is 5.32 Å². The highest BCUT2D eigenvalue weighted by Gasteiger charge is 2.31. The molecule has 0 aromatic heterocycles. The smallest absolute Gasteiger partial charge is 0.0610 e. The number of aliphatic hydroxyl groups is 1. The first-order chi connectivity index (χ1) is 9.72. The maximum absolute atomic E-state index is 9.53. The number of hydrogen-bond acceptors (Lipinski definition) is 4. The van der Waals surface area contributed by atoms with Gasteiger partial charge in [-0.1, -0.05) is 0 Å². The van der Waals surface area contributed by atoms with Gasteiger partial charge < -0.3 is 19.9 Å². The fourth-order valence-electron chi connectivity index (χ4n) is 2.80. The van der Waals surface area contributed by atoms with Crippen LogP contribution in [0.2, 0.25) is 0 Å². The molecule has 1 saturated carbocycles. The Morgan fingerprint density at radius 2 is 1.95 bits per heavy atom. The highest BCUT2D eigenvalue weighted by atomic mass is 16.5. The van der Waals surface area contributed by atoms with E-state index in [0.717, 1.165) is 58.5 Å². The summed E-state index contributed by atoms with van der Waals surface area (Å²) in [6.45, 7) is 5.90. The zero-order valence-electron chi connectivity index (χ0n) is 12.9. The molecule has 4 nitrogen and oxygen atoms in total. The van der Waals surface area contributed by atoms with Gasteiger partial charge >= 0.3 is 0 Å². The van der Waals surface area contributed by atoms with E-state index in [1.54, 1.807) is 0 Å². The van der Waals surface area contributed by atoms with E-state index in [1.807, 2.05) is 0 Å². The number of hydrogen-bond donors (Lipinski definition) is 2. The van der Waals surface area contributed by atoms with E-state index in [2.05, 4.69) is 12.2 Å². The Hall–Kier alpha value is -0.160. The Kier molecular flexibility index (Phi) is 6.75. The van der Waals surface area contributed by atoms with Crippen LogP contribution >= 0.6 is 0 Å². The molecule has 1 aliphatic carbocycles. The molecule has 1 atom stereocenters. The third kappa shape index (κ3) is 6.08. The van der Waals surface area contributed by atoms with Crippen molar-refractivity contribution in [1.82, 2.24) is 5.32 Å². The molecule has 118 valence electrons. The molecule has 0 aromatic rings. The molecular formula is C16H31NO3. The topological polar surface area (TPSA) is 50.7 Å². The summed E-state index contributed by atoms with van der Waals surface area (Å²) in [5.74, 6) is 0.697. The van der Waals surface area contributed by atoms with Crippen LogP contribution in [0.4, 0.5) is 0 Å². The van der Waals surface area contributed by atoms with Gasteiger partial charge in [-0.3, -0.25) is 0 Å². The number of aliphatic hydroxyl groups excluding tert-OH is 1. The van der Waals surface area contributed by atoms with Crippen LogP contribution in [0.5, 0.6) is 0 Å². The molecule has 20 heavy (non-hydrogen) atoms. The molecule has 0 aromatic carbocycles. The molecule has 0 spiro atoms. The van der Waals surface area contributed by atoms with Crippen LogP contribution in [0.3, 0.4) is 0 Å². The predicted octanol–water partition coefficient (Wildman–Crippen LogP) is 2.10. The number of nitrogens with one attached hydrogen (secondary N) is 1. The predicted molar refractivity (Wildman–Crippen MR) is 79.9 cm³/mol. The Bertz CT molecular complexity index is 264. The quantitative estimate of drug-likeness (QED) is 0.604. The van der Waals surface area contributed by atoms with E-state index in [9.17, 15) is 5.11 Å². The van der Waals surface area contributed by atoms with Gasteiger partial charge in [-0.2, -0.15) is 0 Å². The summed E-state index contributed by atoms with van der Waals surface area (Å²) >= 11 is 0. The lowest BCUT2D eigenvalue weighted by atomic mass is 9.95. The van der Waals surface area contributed by atoms with E-state index < -0.39 is 0 Å². The minimum absolute atomic E-state index is 0.0954. The third-order valence-corrected chi connectivity index (χ3v) is 4.44. The number of rotatable bonds is 10. The Morgan fingerprint density at radius 3 is 2.60 bits per heavy atom. The Labute approximate surface area is 123 Å². The molecule has 1 unspecified atom stereocenters. The van der Waals surface area contributed by atoms with Crippen molar-refractivity contribution in [2.75, 3.05) is 33.0 Å². The normalized spacial score (nSPS) is 23.7. The van der Waals surface area contributed by atoms with E-state index >= 15 is 0 Å². The van der Waals surface area contributed by atoms with Crippen molar-refractivity contribution in [1.29, 1.82) is 0 Å². The van der Waals surface area contributed by atoms with Crippen LogP contribution in [-0.4, -0.2) is 49.7 Å². The summed E-state index contributed by atoms with van der Waals surface area (Å²) in [6.07, 6.45) is 8.06. The highest BCUT2D eigenvalue weighted by Crippen LogP contribution is 2.25. The molecule has 2 aliphatic rings. The third-order valence-electron chi connectivity index (χ3n) is 4.44. The lowest BCUT2D eigenvalue weighted by Gasteiger charge is -2.29. The Morgan fingerprint density at radius 1 is 1.20 bits per heavy atom. The molecule has 4 heteroatoms. The monoisotopic (exact) mass is 285 g/mol. The summed E-state index contributed by atoms with van der Waals surface area (Å²) in [4.78, 5) is 0. The number of unbranched alkanes of at least 4 members (excludes halogenated alkanes) is 1. The van der Waals surface area contributed by atoms with Gasteiger partial charge in [-0.15, -0.1) is 0 Å². The van der Waals surface area contributed by atoms with Crippen molar-refractivity contribution in [2.24, 2.45) is 5.92 Å². The van der Waals surface area contributed by atoms with Gasteiger partial charge in [0.25, 0.3) is 0 Å². The van der Waals surface area contributed by atoms with Gasteiger partial charge in [0.15, 0.2) is 0 Å². The zero-order valence-corrected chi connectivity index (χ0v) is 12.9. The first-order valence-electron chi connectivity index (χ1n) is 8.26. The molecular weight excluding hydrogens is 254 g/mol. The van der Waals surface area contributed by atoms with Crippen LogP contribution in [0, 0.1) is 5.92 Å². The summed E-state index contributed by atoms with van der Waals surface area (Å²) in [6, 6.07) is 0.650. The van der Waals surface area contributed by atoms with Crippen LogP contribution in [0.25, 0.3) is 0 Å². The molecule has 1 saturated heterocycles. The van der Waals surface area contributed by atoms with Gasteiger partial charge in [-0.05, 0) is 57.8 Å². The second-order valence-electron chi connectivity index (χ2n) is 6.73. The second-order valence-corrected chi connectivity index (χ2v) is 6.73. The molecule has 0 radical (unpaired) electrons. The van der Waals surface area contributed by atoms with E-state index in [1.165, 1.54) is 12.8 Å². The highest BCUT2D eigenvalue weighted by molar-refractivity contribution is 4.92. The molecule has 1 aliphatic heterocycles. The SMILES string of the molecule is CC(CO)(CCCCOCC1CCOCC1)NC1CC1. The molecule has 0 bridgehead atoms. The minimum atomic E-state index is -0.0954. The summed E-state index contributed by atoms with van der Waals surface area (Å²) in [7, 11) is 0. The van der Waals surface area contributed by atoms with Crippen LogP contribution in [0.1, 0.15) is 51.9 Å². The van der Waals surface area contributed by atoms with Crippen molar-refractivity contribution >= 4 is 0 Å². The van der Waals surface area contributed by atoms with Gasteiger partial charge in [0, 0.05) is 38.0 Å². The zero-order chi connectivity index (χ0) is 14.3. The summed E-state index contributed by atoms with van der Waals surface area (Å²) < 4.78 is 11.1. The maximum Gasteiger partial charge on any atom is 0.0610 e. The Balaban J connectivity index is 1.47. The van der Waals surface area contributed by atoms with Gasteiger partial charge in [-0.25, -0.2) is 0 Å². The fraction of sp³-hybridized carbons (Fsp3) is 1.00. The lowest BCUT2D eigenvalue weighted by Crippen LogP contribution is -2.46. The first kappa shape index (κ1) is 16.2. The van der Waals surface area contributed by atoms with Crippen LogP contribution in [0.15, 0.2) is 0 Å². The van der Waals surface area contributed by atoms with Gasteiger partial charge in [0.1, 0.15) is 0 Å². The largest absolute Gasteiger partial charge is 0.394 e. The van der Waals surface area contributed by atoms with E-state index in [-0.39, 0.29) is 12.1 Å². The van der Waals surface area contributed by atoms with Gasteiger partial charge in [0.2, 0.25) is 0 Å². The van der Waals surface area contributed by atoms with Crippen molar-refractivity contribution in [3.63, 3.8) is 0 Å². The second kappa shape index (κ2) is 8.32. The van der Waals surface area contributed by atoms with Crippen LogP contribution in [-0.2, 0) is 9.47 Å². The molecule has 2 rings (SSSR count). The minimum Gasteiger partial charge on any atom is -0.394 e. The molecule has 0 amide bonds. The first-order valence-corrected chi connectivity index (χ1v) is 8.26. The number of ether oxygens (including phenoxy) is 2. The van der Waals surface area contributed by atoms with Crippen molar-refractivity contribution in [3.8, 4) is 0 Å². The fourth-order valence-corrected chi connectivity index (χ4v) is 2.80.